The summed E-state index contributed by atoms with van der Waals surface area (Å²) in [4.78, 5) is 16.1. The smallest absolute Gasteiger partial charge is 0.253 e. The minimum atomic E-state index is 0.0582. The Morgan fingerprint density at radius 2 is 1.78 bits per heavy atom. The molecular weight excluding hydrogens is 248 g/mol. The molecule has 4 heteroatoms. The van der Waals surface area contributed by atoms with Crippen molar-refractivity contribution >= 4 is 23.2 Å². The molecule has 0 fully saturated rings. The largest absolute Gasteiger partial charge is 0.378 e. The van der Waals surface area contributed by atoms with Crippen LogP contribution in [0, 0.1) is 0 Å². The van der Waals surface area contributed by atoms with E-state index in [1.54, 1.807) is 4.90 Å². The Kier molecular flexibility index (Phi) is 5.99. The van der Waals surface area contributed by atoms with Crippen molar-refractivity contribution in [2.24, 2.45) is 0 Å². The van der Waals surface area contributed by atoms with Gasteiger partial charge in [0.05, 0.1) is 0 Å². The zero-order valence-corrected chi connectivity index (χ0v) is 12.1. The van der Waals surface area contributed by atoms with Crippen LogP contribution in [0.15, 0.2) is 24.3 Å². The molecule has 1 rings (SSSR count). The average Bonchev–Trinajstić information content (AvgIpc) is 2.38. The summed E-state index contributed by atoms with van der Waals surface area (Å²) in [7, 11) is 3.96. The molecule has 0 aliphatic rings. The summed E-state index contributed by atoms with van der Waals surface area (Å²) in [5.74, 6) is 0.532. The Bertz CT molecular complexity index is 370. The third kappa shape index (κ3) is 3.91. The predicted molar refractivity (Wildman–Crippen MR) is 77.7 cm³/mol. The van der Waals surface area contributed by atoms with E-state index in [0.29, 0.717) is 12.4 Å². The number of anilines is 1. The quantitative estimate of drug-likeness (QED) is 0.741. The van der Waals surface area contributed by atoms with Gasteiger partial charge in [-0.25, -0.2) is 0 Å². The van der Waals surface area contributed by atoms with Crippen LogP contribution >= 0.6 is 11.6 Å². The minimum absolute atomic E-state index is 0.0582. The summed E-state index contributed by atoms with van der Waals surface area (Å²) in [6.45, 7) is 3.41. The molecule has 0 bridgehead atoms. The second-order valence-corrected chi connectivity index (χ2v) is 4.80. The van der Waals surface area contributed by atoms with E-state index in [1.165, 1.54) is 0 Å². The third-order valence-corrected chi connectivity index (χ3v) is 2.93. The van der Waals surface area contributed by atoms with Gasteiger partial charge in [0.25, 0.3) is 5.91 Å². The molecule has 18 heavy (non-hydrogen) atoms. The van der Waals surface area contributed by atoms with E-state index in [4.69, 9.17) is 11.6 Å². The summed E-state index contributed by atoms with van der Waals surface area (Å²) < 4.78 is 0. The van der Waals surface area contributed by atoms with Gasteiger partial charge in [-0.1, -0.05) is 6.92 Å². The number of nitrogens with zero attached hydrogens (tertiary/aromatic N) is 2. The molecular formula is C14H21ClN2O. The number of carbonyl (C=O) groups is 1. The van der Waals surface area contributed by atoms with Crippen molar-refractivity contribution < 1.29 is 4.79 Å². The molecule has 3 nitrogen and oxygen atoms in total. The van der Waals surface area contributed by atoms with Gasteiger partial charge in [0.15, 0.2) is 0 Å². The van der Waals surface area contributed by atoms with Gasteiger partial charge >= 0.3 is 0 Å². The lowest BCUT2D eigenvalue weighted by Gasteiger charge is -2.21. The van der Waals surface area contributed by atoms with Crippen LogP contribution in [0.25, 0.3) is 0 Å². The van der Waals surface area contributed by atoms with Crippen molar-refractivity contribution in [3.8, 4) is 0 Å². The summed E-state index contributed by atoms with van der Waals surface area (Å²) >= 11 is 5.73. The van der Waals surface area contributed by atoms with Crippen molar-refractivity contribution in [2.45, 2.75) is 13.3 Å². The van der Waals surface area contributed by atoms with Gasteiger partial charge in [0.1, 0.15) is 0 Å². The normalized spacial score (nSPS) is 10.2. The van der Waals surface area contributed by atoms with E-state index >= 15 is 0 Å². The van der Waals surface area contributed by atoms with Crippen LogP contribution in [0.2, 0.25) is 0 Å². The maximum Gasteiger partial charge on any atom is 0.253 e. The fourth-order valence-electron chi connectivity index (χ4n) is 1.77. The molecule has 0 unspecified atom stereocenters. The second-order valence-electron chi connectivity index (χ2n) is 4.42. The molecule has 0 saturated carbocycles. The van der Waals surface area contributed by atoms with Crippen LogP contribution in [0.5, 0.6) is 0 Å². The molecule has 0 saturated heterocycles. The topological polar surface area (TPSA) is 23.6 Å². The van der Waals surface area contributed by atoms with E-state index < -0.39 is 0 Å². The van der Waals surface area contributed by atoms with E-state index in [9.17, 15) is 4.79 Å². The van der Waals surface area contributed by atoms with Gasteiger partial charge in [0, 0.05) is 44.3 Å². The molecule has 0 aliphatic heterocycles. The number of amides is 1. The van der Waals surface area contributed by atoms with Gasteiger partial charge in [-0.2, -0.15) is 0 Å². The molecule has 0 atom stereocenters. The number of halogens is 1. The molecule has 0 spiro atoms. The summed E-state index contributed by atoms with van der Waals surface area (Å²) in [5.41, 5.74) is 1.81. The minimum Gasteiger partial charge on any atom is -0.378 e. The van der Waals surface area contributed by atoms with Gasteiger partial charge in [-0.3, -0.25) is 4.79 Å². The van der Waals surface area contributed by atoms with Crippen molar-refractivity contribution in [1.29, 1.82) is 0 Å². The second kappa shape index (κ2) is 7.27. The first kappa shape index (κ1) is 14.8. The number of hydrogen-bond acceptors (Lipinski definition) is 2. The summed E-state index contributed by atoms with van der Waals surface area (Å²) in [6.07, 6.45) is 0.943. The fraction of sp³-hybridized carbons (Fsp3) is 0.500. The SMILES string of the molecule is CCCN(CCCl)C(=O)c1ccc(N(C)C)cc1. The Balaban J connectivity index is 2.81. The van der Waals surface area contributed by atoms with Crippen LogP contribution in [0.4, 0.5) is 5.69 Å². The van der Waals surface area contributed by atoms with Crippen molar-refractivity contribution in [3.05, 3.63) is 29.8 Å². The Labute approximate surface area is 114 Å². The average molecular weight is 269 g/mol. The standard InChI is InChI=1S/C14H21ClN2O/c1-4-10-17(11-9-15)14(18)12-5-7-13(8-6-12)16(2)3/h5-8H,4,9-11H2,1-3H3. The lowest BCUT2D eigenvalue weighted by atomic mass is 10.1. The van der Waals surface area contributed by atoms with E-state index in [2.05, 4.69) is 6.92 Å². The van der Waals surface area contributed by atoms with Gasteiger partial charge in [-0.15, -0.1) is 11.6 Å². The Morgan fingerprint density at radius 3 is 2.22 bits per heavy atom. The molecule has 0 heterocycles. The molecule has 100 valence electrons. The first-order valence-electron chi connectivity index (χ1n) is 6.22. The number of benzene rings is 1. The molecule has 0 aliphatic carbocycles. The highest BCUT2D eigenvalue weighted by Gasteiger charge is 2.14. The monoisotopic (exact) mass is 268 g/mol. The first-order chi connectivity index (χ1) is 8.60. The van der Waals surface area contributed by atoms with Crippen molar-refractivity contribution in [2.75, 3.05) is 38.0 Å². The number of rotatable bonds is 6. The predicted octanol–water partition coefficient (Wildman–Crippen LogP) is 2.84. The highest BCUT2D eigenvalue weighted by Crippen LogP contribution is 2.14. The van der Waals surface area contributed by atoms with Crippen LogP contribution in [0.3, 0.4) is 0 Å². The summed E-state index contributed by atoms with van der Waals surface area (Å²) in [6, 6.07) is 7.65. The summed E-state index contributed by atoms with van der Waals surface area (Å²) in [5, 5.41) is 0. The number of carbonyl (C=O) groups excluding carboxylic acids is 1. The highest BCUT2D eigenvalue weighted by atomic mass is 35.5. The molecule has 1 amide bonds. The van der Waals surface area contributed by atoms with Crippen LogP contribution in [-0.4, -0.2) is 43.9 Å². The highest BCUT2D eigenvalue weighted by molar-refractivity contribution is 6.18. The van der Waals surface area contributed by atoms with Gasteiger partial charge in [0.2, 0.25) is 0 Å². The Morgan fingerprint density at radius 1 is 1.17 bits per heavy atom. The molecule has 1 aromatic carbocycles. The van der Waals surface area contributed by atoms with Crippen LogP contribution < -0.4 is 4.90 Å². The van der Waals surface area contributed by atoms with Crippen molar-refractivity contribution in [1.82, 2.24) is 4.90 Å². The van der Waals surface area contributed by atoms with E-state index in [-0.39, 0.29) is 5.91 Å². The molecule has 0 radical (unpaired) electrons. The first-order valence-corrected chi connectivity index (χ1v) is 6.76. The zero-order valence-electron chi connectivity index (χ0n) is 11.3. The Hall–Kier alpha value is -1.22. The third-order valence-electron chi connectivity index (χ3n) is 2.77. The molecule has 0 N–H and O–H groups in total. The van der Waals surface area contributed by atoms with E-state index in [1.807, 2.05) is 43.3 Å². The maximum absolute atomic E-state index is 12.3. The maximum atomic E-state index is 12.3. The van der Waals surface area contributed by atoms with Crippen molar-refractivity contribution in [3.63, 3.8) is 0 Å². The zero-order chi connectivity index (χ0) is 13.5. The van der Waals surface area contributed by atoms with Gasteiger partial charge < -0.3 is 9.80 Å². The van der Waals surface area contributed by atoms with Crippen LogP contribution in [0.1, 0.15) is 23.7 Å². The number of hydrogen-bond donors (Lipinski definition) is 0. The van der Waals surface area contributed by atoms with Crippen LogP contribution in [-0.2, 0) is 0 Å². The lowest BCUT2D eigenvalue weighted by molar-refractivity contribution is 0.0765. The molecule has 1 aromatic rings. The fourth-order valence-corrected chi connectivity index (χ4v) is 1.98. The molecule has 0 aromatic heterocycles. The lowest BCUT2D eigenvalue weighted by Crippen LogP contribution is -2.33. The van der Waals surface area contributed by atoms with E-state index in [0.717, 1.165) is 24.2 Å². The van der Waals surface area contributed by atoms with Gasteiger partial charge in [-0.05, 0) is 30.7 Å². The number of alkyl halides is 1.